The Bertz CT molecular complexity index is 750. The van der Waals surface area contributed by atoms with Crippen molar-refractivity contribution >= 4 is 19.1 Å². The Balaban J connectivity index is 1.71. The molecule has 0 aromatic heterocycles. The van der Waals surface area contributed by atoms with E-state index in [4.69, 9.17) is 14.0 Å². The zero-order valence-corrected chi connectivity index (χ0v) is 22.3. The zero-order chi connectivity index (χ0) is 24.9. The molecule has 1 heterocycles. The number of hydrogen-bond donors (Lipinski definition) is 2. The third kappa shape index (κ3) is 5.37. The largest absolute Gasteiger partial charge is 0.481 e. The molecular weight excluding hydrogens is 419 g/mol. The molecule has 2 amide bonds. The van der Waals surface area contributed by atoms with Gasteiger partial charge in [-0.05, 0) is 76.0 Å². The van der Waals surface area contributed by atoms with Gasteiger partial charge in [0.05, 0.1) is 17.6 Å². The fourth-order valence-electron chi connectivity index (χ4n) is 6.06. The molecular formula is C25H45BN2O5. The number of alkyl carbamates (subject to hydrolysis) is 1. The van der Waals surface area contributed by atoms with Crippen LogP contribution >= 0.6 is 0 Å². The minimum atomic E-state index is -0.708. The van der Waals surface area contributed by atoms with Crippen LogP contribution in [0.5, 0.6) is 0 Å². The molecule has 2 N–H and O–H groups in total. The van der Waals surface area contributed by atoms with Gasteiger partial charge in [-0.2, -0.15) is 0 Å². The van der Waals surface area contributed by atoms with Crippen molar-refractivity contribution in [2.75, 3.05) is 0 Å². The lowest BCUT2D eigenvalue weighted by Crippen LogP contribution is -2.65. The maximum Gasteiger partial charge on any atom is 0.481 e. The van der Waals surface area contributed by atoms with Crippen LogP contribution in [0.15, 0.2) is 0 Å². The van der Waals surface area contributed by atoms with Gasteiger partial charge in [-0.15, -0.1) is 0 Å². The Hall–Kier alpha value is -1.28. The predicted molar refractivity (Wildman–Crippen MR) is 129 cm³/mol. The highest BCUT2D eigenvalue weighted by molar-refractivity contribution is 6.47. The van der Waals surface area contributed by atoms with Crippen molar-refractivity contribution in [3.05, 3.63) is 0 Å². The molecule has 3 saturated carbocycles. The summed E-state index contributed by atoms with van der Waals surface area (Å²) in [5, 5.41) is 5.91. The van der Waals surface area contributed by atoms with Gasteiger partial charge in [0.1, 0.15) is 11.6 Å². The SMILES string of the molecule is CC(C)C[C@H](NC(=O)[C@@H](NC(=O)OC(C)(C)C)C(C)C)B1OC2C[C@H]3C[C@H](C3(C)C)[C@]2(C)O1. The lowest BCUT2D eigenvalue weighted by atomic mass is 9.43. The van der Waals surface area contributed by atoms with Gasteiger partial charge in [0.25, 0.3) is 0 Å². The first-order valence-electron chi connectivity index (χ1n) is 12.7. The summed E-state index contributed by atoms with van der Waals surface area (Å²) in [6.45, 7) is 20.3. The van der Waals surface area contributed by atoms with Crippen molar-refractivity contribution in [3.63, 3.8) is 0 Å². The summed E-state index contributed by atoms with van der Waals surface area (Å²) in [6.07, 6.45) is 2.39. The average Bonchev–Trinajstić information content (AvgIpc) is 3.00. The molecule has 4 aliphatic rings. The summed E-state index contributed by atoms with van der Waals surface area (Å²) in [5.41, 5.74) is -0.691. The third-order valence-electron chi connectivity index (χ3n) is 7.97. The second-order valence-corrected chi connectivity index (χ2v) is 12.9. The van der Waals surface area contributed by atoms with E-state index in [1.165, 1.54) is 6.42 Å². The second kappa shape index (κ2) is 9.06. The van der Waals surface area contributed by atoms with Crippen molar-refractivity contribution in [3.8, 4) is 0 Å². The van der Waals surface area contributed by atoms with E-state index in [2.05, 4.69) is 45.3 Å². The molecule has 3 aliphatic carbocycles. The highest BCUT2D eigenvalue weighted by atomic mass is 16.7. The lowest BCUT2D eigenvalue weighted by molar-refractivity contribution is -0.199. The normalized spacial score (nSPS) is 32.1. The number of carbonyl (C=O) groups is 2. The predicted octanol–water partition coefficient (Wildman–Crippen LogP) is 4.33. The maximum atomic E-state index is 13.3. The van der Waals surface area contributed by atoms with Crippen LogP contribution in [0.1, 0.15) is 88.5 Å². The first-order chi connectivity index (χ1) is 15.0. The summed E-state index contributed by atoms with van der Waals surface area (Å²) in [6, 6.07) is -0.708. The molecule has 4 fully saturated rings. The Kier molecular flexibility index (Phi) is 7.23. The highest BCUT2D eigenvalue weighted by Crippen LogP contribution is 2.65. The quantitative estimate of drug-likeness (QED) is 0.548. The average molecular weight is 464 g/mol. The van der Waals surface area contributed by atoms with Crippen LogP contribution in [0, 0.1) is 29.1 Å². The fourth-order valence-corrected chi connectivity index (χ4v) is 6.06. The standard InChI is InChI=1S/C25H45BN2O5/c1-14(2)11-19(27-21(29)20(15(3)4)28-22(30)31-23(5,6)7)26-32-18-13-16-12-17(24(16,8)9)25(18,10)33-26/h14-20H,11-13H2,1-10H3,(H,27,29)(H,28,30)/t16-,17-,18?,19+,20+,25+/m1/s1. The van der Waals surface area contributed by atoms with Crippen molar-refractivity contribution in [2.45, 2.75) is 118 Å². The molecule has 7 nitrogen and oxygen atoms in total. The summed E-state index contributed by atoms with van der Waals surface area (Å²) >= 11 is 0. The number of hydrogen-bond acceptors (Lipinski definition) is 5. The van der Waals surface area contributed by atoms with Crippen LogP contribution in [0.2, 0.25) is 0 Å². The molecule has 188 valence electrons. The Morgan fingerprint density at radius 1 is 1.09 bits per heavy atom. The van der Waals surface area contributed by atoms with Gasteiger partial charge >= 0.3 is 13.2 Å². The Morgan fingerprint density at radius 3 is 2.24 bits per heavy atom. The van der Waals surface area contributed by atoms with E-state index in [1.807, 2.05) is 13.8 Å². The number of nitrogens with one attached hydrogen (secondary N) is 2. The molecule has 8 heteroatoms. The number of amides is 2. The van der Waals surface area contributed by atoms with E-state index in [9.17, 15) is 9.59 Å². The molecule has 0 radical (unpaired) electrons. The van der Waals surface area contributed by atoms with Gasteiger partial charge in [0.2, 0.25) is 5.91 Å². The van der Waals surface area contributed by atoms with Crippen LogP contribution in [0.3, 0.4) is 0 Å². The van der Waals surface area contributed by atoms with Gasteiger partial charge in [0.15, 0.2) is 0 Å². The molecule has 1 aliphatic heterocycles. The van der Waals surface area contributed by atoms with Crippen LogP contribution in [-0.2, 0) is 18.8 Å². The molecule has 0 aromatic carbocycles. The van der Waals surface area contributed by atoms with Gasteiger partial charge in [-0.1, -0.05) is 41.5 Å². The van der Waals surface area contributed by atoms with Gasteiger partial charge < -0.3 is 24.7 Å². The molecule has 1 saturated heterocycles. The number of ether oxygens (including phenoxy) is 1. The second-order valence-electron chi connectivity index (χ2n) is 12.9. The van der Waals surface area contributed by atoms with Gasteiger partial charge in [-0.25, -0.2) is 4.79 Å². The number of rotatable bonds is 7. The van der Waals surface area contributed by atoms with E-state index in [1.54, 1.807) is 20.8 Å². The maximum absolute atomic E-state index is 13.3. The molecule has 0 spiro atoms. The van der Waals surface area contributed by atoms with Crippen molar-refractivity contribution in [1.29, 1.82) is 0 Å². The van der Waals surface area contributed by atoms with E-state index in [-0.39, 0.29) is 34.9 Å². The minimum absolute atomic E-state index is 0.0617. The van der Waals surface area contributed by atoms with E-state index < -0.39 is 24.9 Å². The molecule has 4 rings (SSSR count). The molecule has 1 unspecified atom stereocenters. The van der Waals surface area contributed by atoms with Crippen LogP contribution < -0.4 is 10.6 Å². The van der Waals surface area contributed by atoms with Crippen LogP contribution in [-0.4, -0.2) is 48.4 Å². The van der Waals surface area contributed by atoms with Crippen LogP contribution in [0.4, 0.5) is 4.79 Å². The molecule has 0 aromatic rings. The van der Waals surface area contributed by atoms with Gasteiger partial charge in [0, 0.05) is 0 Å². The van der Waals surface area contributed by atoms with Crippen LogP contribution in [0.25, 0.3) is 0 Å². The Labute approximate surface area is 200 Å². The van der Waals surface area contributed by atoms with E-state index >= 15 is 0 Å². The fraction of sp³-hybridized carbons (Fsp3) is 0.920. The monoisotopic (exact) mass is 464 g/mol. The summed E-state index contributed by atoms with van der Waals surface area (Å²) in [5.74, 6) is 0.853. The summed E-state index contributed by atoms with van der Waals surface area (Å²) < 4.78 is 18.5. The minimum Gasteiger partial charge on any atom is -0.444 e. The highest BCUT2D eigenvalue weighted by Gasteiger charge is 2.68. The zero-order valence-electron chi connectivity index (χ0n) is 22.3. The van der Waals surface area contributed by atoms with Gasteiger partial charge in [-0.3, -0.25) is 4.79 Å². The third-order valence-corrected chi connectivity index (χ3v) is 7.97. The van der Waals surface area contributed by atoms with Crippen molar-refractivity contribution < 1.29 is 23.6 Å². The Morgan fingerprint density at radius 2 is 1.73 bits per heavy atom. The van der Waals surface area contributed by atoms with Crippen molar-refractivity contribution in [1.82, 2.24) is 10.6 Å². The number of carbonyl (C=O) groups excluding carboxylic acids is 2. The van der Waals surface area contributed by atoms with E-state index in [0.717, 1.165) is 12.8 Å². The molecule has 2 bridgehead atoms. The smallest absolute Gasteiger partial charge is 0.444 e. The molecule has 33 heavy (non-hydrogen) atoms. The molecule has 6 atom stereocenters. The lowest BCUT2D eigenvalue weighted by Gasteiger charge is -2.64. The summed E-state index contributed by atoms with van der Waals surface area (Å²) in [4.78, 5) is 25.7. The van der Waals surface area contributed by atoms with Crippen molar-refractivity contribution in [2.24, 2.45) is 29.1 Å². The first kappa shape index (κ1) is 26.3. The summed E-state index contributed by atoms with van der Waals surface area (Å²) in [7, 11) is -0.490. The van der Waals surface area contributed by atoms with E-state index in [0.29, 0.717) is 17.8 Å². The first-order valence-corrected chi connectivity index (χ1v) is 12.7. The topological polar surface area (TPSA) is 85.9 Å².